The summed E-state index contributed by atoms with van der Waals surface area (Å²) in [5.74, 6) is 0. The van der Waals surface area contributed by atoms with Crippen LogP contribution in [0.15, 0.2) is 18.6 Å². The summed E-state index contributed by atoms with van der Waals surface area (Å²) in [5.41, 5.74) is 2.18. The van der Waals surface area contributed by atoms with Gasteiger partial charge in [0.15, 0.2) is 0 Å². The van der Waals surface area contributed by atoms with E-state index in [2.05, 4.69) is 27.9 Å². The molecule has 0 fully saturated rings. The summed E-state index contributed by atoms with van der Waals surface area (Å²) in [6.07, 6.45) is 5.63. The van der Waals surface area contributed by atoms with Gasteiger partial charge in [-0.25, -0.2) is 9.97 Å². The minimum Gasteiger partial charge on any atom is -0.343 e. The van der Waals surface area contributed by atoms with Crippen molar-refractivity contribution in [1.29, 1.82) is 0 Å². The van der Waals surface area contributed by atoms with Crippen molar-refractivity contribution in [3.05, 3.63) is 24.3 Å². The lowest BCUT2D eigenvalue weighted by Crippen LogP contribution is -1.81. The van der Waals surface area contributed by atoms with Gasteiger partial charge >= 0.3 is 0 Å². The first-order valence-corrected chi connectivity index (χ1v) is 4.17. The summed E-state index contributed by atoms with van der Waals surface area (Å²) >= 11 is 0. The zero-order valence-corrected chi connectivity index (χ0v) is 7.04. The van der Waals surface area contributed by atoms with Crippen molar-refractivity contribution in [3.63, 3.8) is 0 Å². The van der Waals surface area contributed by atoms with Crippen LogP contribution in [0.5, 0.6) is 0 Å². The van der Waals surface area contributed by atoms with E-state index < -0.39 is 0 Å². The van der Waals surface area contributed by atoms with Crippen LogP contribution in [-0.4, -0.2) is 15.0 Å². The largest absolute Gasteiger partial charge is 0.343 e. The molecule has 0 saturated carbocycles. The molecule has 2 aromatic rings. The molecule has 0 aliphatic carbocycles. The Bertz CT molecular complexity index is 350. The third kappa shape index (κ3) is 1.18. The maximum atomic E-state index is 4.12. The topological polar surface area (TPSA) is 41.6 Å². The molecule has 0 atom stereocenters. The van der Waals surface area contributed by atoms with E-state index in [1.165, 1.54) is 5.69 Å². The molecule has 64 valence electrons. The van der Waals surface area contributed by atoms with Gasteiger partial charge in [-0.2, -0.15) is 0 Å². The molecular formula is C9H13N3. The van der Waals surface area contributed by atoms with E-state index in [9.17, 15) is 0 Å². The number of aromatic amines is 1. The molecule has 1 N–H and O–H groups in total. The number of nitrogens with zero attached hydrogens (tertiary/aromatic N) is 2. The SMILES string of the molecule is CCCc1cc2cncnc2[nH]1.[HH]. The predicted molar refractivity (Wildman–Crippen MR) is 50.0 cm³/mol. The highest BCUT2D eigenvalue weighted by atomic mass is 14.9. The van der Waals surface area contributed by atoms with Crippen molar-refractivity contribution in [3.8, 4) is 0 Å². The third-order valence-electron chi connectivity index (χ3n) is 1.87. The second-order valence-corrected chi connectivity index (χ2v) is 2.87. The Labute approximate surface area is 72.3 Å². The molecule has 0 aliphatic rings. The minimum absolute atomic E-state index is 0. The van der Waals surface area contributed by atoms with Crippen LogP contribution in [0.1, 0.15) is 20.5 Å². The van der Waals surface area contributed by atoms with Crippen molar-refractivity contribution in [2.24, 2.45) is 0 Å². The first-order valence-electron chi connectivity index (χ1n) is 4.17. The standard InChI is InChI=1S/C9H11N3.H2/c1-2-3-8-4-7-5-10-6-11-9(7)12-8;/h4-6H,2-3H2,1H3,(H,10,11,12);1H. The molecule has 0 aromatic carbocycles. The van der Waals surface area contributed by atoms with Crippen LogP contribution < -0.4 is 0 Å². The normalized spacial score (nSPS) is 10.8. The van der Waals surface area contributed by atoms with Gasteiger partial charge in [0, 0.05) is 18.7 Å². The van der Waals surface area contributed by atoms with E-state index in [1.807, 2.05) is 6.20 Å². The number of H-pyrrole nitrogens is 1. The van der Waals surface area contributed by atoms with E-state index >= 15 is 0 Å². The Morgan fingerprint density at radius 1 is 1.58 bits per heavy atom. The number of hydrogen-bond donors (Lipinski definition) is 1. The Balaban J connectivity index is 0.000000845. The first-order chi connectivity index (χ1) is 5.90. The summed E-state index contributed by atoms with van der Waals surface area (Å²) in [4.78, 5) is 11.3. The molecule has 3 nitrogen and oxygen atoms in total. The fourth-order valence-corrected chi connectivity index (χ4v) is 1.33. The number of rotatable bonds is 2. The lowest BCUT2D eigenvalue weighted by atomic mass is 10.2. The number of aromatic nitrogens is 3. The highest BCUT2D eigenvalue weighted by Gasteiger charge is 1.98. The van der Waals surface area contributed by atoms with Crippen LogP contribution >= 0.6 is 0 Å². The number of aryl methyl sites for hydroxylation is 1. The van der Waals surface area contributed by atoms with Gasteiger partial charge in [0.05, 0.1) is 0 Å². The van der Waals surface area contributed by atoms with E-state index in [0.29, 0.717) is 0 Å². The summed E-state index contributed by atoms with van der Waals surface area (Å²) in [5, 5.41) is 1.10. The minimum atomic E-state index is 0. The van der Waals surface area contributed by atoms with E-state index in [4.69, 9.17) is 0 Å². The molecule has 0 saturated heterocycles. The number of hydrogen-bond acceptors (Lipinski definition) is 2. The Hall–Kier alpha value is -1.38. The molecule has 2 rings (SSSR count). The van der Waals surface area contributed by atoms with Crippen molar-refractivity contribution < 1.29 is 1.43 Å². The van der Waals surface area contributed by atoms with Crippen molar-refractivity contribution >= 4 is 11.0 Å². The van der Waals surface area contributed by atoms with Crippen LogP contribution in [-0.2, 0) is 6.42 Å². The summed E-state index contributed by atoms with van der Waals surface area (Å²) in [7, 11) is 0. The second-order valence-electron chi connectivity index (χ2n) is 2.87. The number of nitrogens with one attached hydrogen (secondary N) is 1. The molecule has 3 heteroatoms. The van der Waals surface area contributed by atoms with Crippen LogP contribution in [0.25, 0.3) is 11.0 Å². The summed E-state index contributed by atoms with van der Waals surface area (Å²) in [6.45, 7) is 2.16. The molecule has 0 unspecified atom stereocenters. The van der Waals surface area contributed by atoms with Gasteiger partial charge in [-0.1, -0.05) is 13.3 Å². The van der Waals surface area contributed by atoms with E-state index in [1.54, 1.807) is 6.33 Å². The monoisotopic (exact) mass is 163 g/mol. The molecule has 2 heterocycles. The predicted octanol–water partition coefficient (Wildman–Crippen LogP) is 2.16. The Kier molecular flexibility index (Phi) is 1.78. The second kappa shape index (κ2) is 2.93. The van der Waals surface area contributed by atoms with E-state index in [0.717, 1.165) is 23.9 Å². The molecule has 0 aliphatic heterocycles. The van der Waals surface area contributed by atoms with Gasteiger partial charge in [0.2, 0.25) is 0 Å². The zero-order chi connectivity index (χ0) is 8.39. The third-order valence-corrected chi connectivity index (χ3v) is 1.87. The first kappa shape index (κ1) is 7.28. The van der Waals surface area contributed by atoms with Gasteiger partial charge in [-0.15, -0.1) is 0 Å². The maximum absolute atomic E-state index is 4.12. The quantitative estimate of drug-likeness (QED) is 0.737. The zero-order valence-electron chi connectivity index (χ0n) is 7.04. The van der Waals surface area contributed by atoms with E-state index in [-0.39, 0.29) is 1.43 Å². The van der Waals surface area contributed by atoms with Gasteiger partial charge < -0.3 is 4.98 Å². The molecule has 0 amide bonds. The fraction of sp³-hybridized carbons (Fsp3) is 0.333. The molecule has 12 heavy (non-hydrogen) atoms. The van der Waals surface area contributed by atoms with Crippen molar-refractivity contribution in [2.45, 2.75) is 19.8 Å². The van der Waals surface area contributed by atoms with Gasteiger partial charge in [-0.3, -0.25) is 0 Å². The van der Waals surface area contributed by atoms with Crippen LogP contribution in [0.3, 0.4) is 0 Å². The summed E-state index contributed by atoms with van der Waals surface area (Å²) in [6, 6.07) is 2.11. The summed E-state index contributed by atoms with van der Waals surface area (Å²) < 4.78 is 0. The molecule has 0 spiro atoms. The smallest absolute Gasteiger partial charge is 0.140 e. The maximum Gasteiger partial charge on any atom is 0.140 e. The van der Waals surface area contributed by atoms with Crippen molar-refractivity contribution in [1.82, 2.24) is 15.0 Å². The van der Waals surface area contributed by atoms with Gasteiger partial charge in [-0.05, 0) is 12.5 Å². The van der Waals surface area contributed by atoms with Crippen LogP contribution in [0, 0.1) is 0 Å². The molecular weight excluding hydrogens is 150 g/mol. The van der Waals surface area contributed by atoms with Crippen molar-refractivity contribution in [2.75, 3.05) is 0 Å². The molecule has 0 bridgehead atoms. The fourth-order valence-electron chi connectivity index (χ4n) is 1.33. The highest BCUT2D eigenvalue weighted by molar-refractivity contribution is 5.75. The number of fused-ring (bicyclic) bond motifs is 1. The molecule has 0 radical (unpaired) electrons. The molecule has 2 aromatic heterocycles. The lowest BCUT2D eigenvalue weighted by Gasteiger charge is -1.88. The average molecular weight is 163 g/mol. The Morgan fingerprint density at radius 2 is 2.50 bits per heavy atom. The Morgan fingerprint density at radius 3 is 3.25 bits per heavy atom. The van der Waals surface area contributed by atoms with Gasteiger partial charge in [0.25, 0.3) is 0 Å². The van der Waals surface area contributed by atoms with Crippen LogP contribution in [0.2, 0.25) is 0 Å². The average Bonchev–Trinajstić information content (AvgIpc) is 2.47. The highest BCUT2D eigenvalue weighted by Crippen LogP contribution is 2.11. The lowest BCUT2D eigenvalue weighted by molar-refractivity contribution is 0.894. The van der Waals surface area contributed by atoms with Crippen LogP contribution in [0.4, 0.5) is 0 Å². The van der Waals surface area contributed by atoms with Gasteiger partial charge in [0.1, 0.15) is 12.0 Å².